The Morgan fingerprint density at radius 3 is 2.72 bits per heavy atom. The van der Waals surface area contributed by atoms with Crippen molar-refractivity contribution in [2.75, 3.05) is 19.7 Å². The van der Waals surface area contributed by atoms with Crippen LogP contribution in [0.3, 0.4) is 0 Å². The highest BCUT2D eigenvalue weighted by atomic mass is 16.5. The lowest BCUT2D eigenvalue weighted by Crippen LogP contribution is -2.42. The van der Waals surface area contributed by atoms with Crippen LogP contribution in [0.2, 0.25) is 0 Å². The summed E-state index contributed by atoms with van der Waals surface area (Å²) in [6.45, 7) is 1.61. The third kappa shape index (κ3) is 3.27. The van der Waals surface area contributed by atoms with Gasteiger partial charge in [-0.05, 0) is 29.8 Å². The fraction of sp³-hybridized carbons (Fsp3) is 0.222. The zero-order valence-corrected chi connectivity index (χ0v) is 13.5. The van der Waals surface area contributed by atoms with Crippen molar-refractivity contribution < 1.29 is 9.53 Å². The SMILES string of the molecule is O=C(c1ccc(-n2ccnc2)nc1)N1CCOC(c2ccncc2)C1. The maximum absolute atomic E-state index is 12.8. The van der Waals surface area contributed by atoms with E-state index in [0.717, 1.165) is 11.4 Å². The minimum Gasteiger partial charge on any atom is -0.370 e. The van der Waals surface area contributed by atoms with Gasteiger partial charge in [0.1, 0.15) is 18.2 Å². The zero-order chi connectivity index (χ0) is 17.1. The molecule has 1 unspecified atom stereocenters. The normalized spacial score (nSPS) is 17.4. The largest absolute Gasteiger partial charge is 0.370 e. The molecule has 25 heavy (non-hydrogen) atoms. The molecule has 1 aliphatic rings. The first-order chi connectivity index (χ1) is 12.3. The molecule has 7 nitrogen and oxygen atoms in total. The quantitative estimate of drug-likeness (QED) is 0.731. The Labute approximate surface area is 144 Å². The maximum Gasteiger partial charge on any atom is 0.255 e. The number of hydrogen-bond acceptors (Lipinski definition) is 5. The van der Waals surface area contributed by atoms with Crippen molar-refractivity contribution in [3.05, 3.63) is 72.7 Å². The average Bonchev–Trinajstić information content (AvgIpc) is 3.23. The third-order valence-corrected chi connectivity index (χ3v) is 4.20. The molecule has 0 bridgehead atoms. The summed E-state index contributed by atoms with van der Waals surface area (Å²) in [5.74, 6) is 0.692. The topological polar surface area (TPSA) is 73.1 Å². The van der Waals surface area contributed by atoms with Gasteiger partial charge in [-0.3, -0.25) is 14.3 Å². The highest BCUT2D eigenvalue weighted by molar-refractivity contribution is 5.94. The maximum atomic E-state index is 12.8. The van der Waals surface area contributed by atoms with Gasteiger partial charge in [-0.25, -0.2) is 9.97 Å². The van der Waals surface area contributed by atoms with Crippen LogP contribution in [0.1, 0.15) is 22.0 Å². The van der Waals surface area contributed by atoms with Gasteiger partial charge in [-0.1, -0.05) is 0 Å². The van der Waals surface area contributed by atoms with E-state index in [4.69, 9.17) is 4.74 Å². The van der Waals surface area contributed by atoms with Crippen LogP contribution in [0.4, 0.5) is 0 Å². The Morgan fingerprint density at radius 1 is 1.12 bits per heavy atom. The van der Waals surface area contributed by atoms with Crippen LogP contribution in [-0.4, -0.2) is 50.0 Å². The molecule has 1 atom stereocenters. The van der Waals surface area contributed by atoms with E-state index in [1.54, 1.807) is 41.7 Å². The standard InChI is InChI=1S/C18H17N5O2/c24-18(15-1-2-17(21-11-15)23-8-7-20-13-23)22-9-10-25-16(12-22)14-3-5-19-6-4-14/h1-8,11,13,16H,9-10,12H2. The number of amides is 1. The first-order valence-corrected chi connectivity index (χ1v) is 8.06. The van der Waals surface area contributed by atoms with E-state index in [0.29, 0.717) is 25.3 Å². The molecule has 4 rings (SSSR count). The van der Waals surface area contributed by atoms with E-state index in [2.05, 4.69) is 15.0 Å². The Morgan fingerprint density at radius 2 is 2.00 bits per heavy atom. The molecule has 0 saturated carbocycles. The van der Waals surface area contributed by atoms with E-state index in [9.17, 15) is 4.79 Å². The number of pyridine rings is 2. The predicted octanol–water partition coefficient (Wildman–Crippen LogP) is 1.88. The lowest BCUT2D eigenvalue weighted by atomic mass is 10.1. The second-order valence-electron chi connectivity index (χ2n) is 5.77. The van der Waals surface area contributed by atoms with Gasteiger partial charge in [0.2, 0.25) is 0 Å². The van der Waals surface area contributed by atoms with Crippen LogP contribution < -0.4 is 0 Å². The van der Waals surface area contributed by atoms with Crippen molar-refractivity contribution in [2.45, 2.75) is 6.10 Å². The summed E-state index contributed by atoms with van der Waals surface area (Å²) < 4.78 is 7.59. The number of carbonyl (C=O) groups excluding carboxylic acids is 1. The van der Waals surface area contributed by atoms with Gasteiger partial charge >= 0.3 is 0 Å². The van der Waals surface area contributed by atoms with Crippen molar-refractivity contribution in [3.8, 4) is 5.82 Å². The molecule has 1 aliphatic heterocycles. The third-order valence-electron chi connectivity index (χ3n) is 4.20. The first-order valence-electron chi connectivity index (χ1n) is 8.06. The van der Waals surface area contributed by atoms with Crippen molar-refractivity contribution in [1.82, 2.24) is 24.4 Å². The summed E-state index contributed by atoms with van der Waals surface area (Å²) in [7, 11) is 0. The minimum atomic E-state index is -0.126. The molecule has 1 amide bonds. The van der Waals surface area contributed by atoms with Crippen molar-refractivity contribution in [2.24, 2.45) is 0 Å². The van der Waals surface area contributed by atoms with Crippen LogP contribution in [-0.2, 0) is 4.74 Å². The second-order valence-corrected chi connectivity index (χ2v) is 5.77. The van der Waals surface area contributed by atoms with E-state index in [1.165, 1.54) is 0 Å². The van der Waals surface area contributed by atoms with Gasteiger partial charge in [-0.15, -0.1) is 0 Å². The number of rotatable bonds is 3. The lowest BCUT2D eigenvalue weighted by molar-refractivity contribution is -0.0228. The molecule has 0 radical (unpaired) electrons. The smallest absolute Gasteiger partial charge is 0.255 e. The highest BCUT2D eigenvalue weighted by Gasteiger charge is 2.26. The fourth-order valence-electron chi connectivity index (χ4n) is 2.86. The summed E-state index contributed by atoms with van der Waals surface area (Å²) in [5.41, 5.74) is 1.60. The summed E-state index contributed by atoms with van der Waals surface area (Å²) >= 11 is 0. The van der Waals surface area contributed by atoms with Crippen molar-refractivity contribution in [3.63, 3.8) is 0 Å². The Balaban J connectivity index is 1.48. The van der Waals surface area contributed by atoms with Crippen molar-refractivity contribution >= 4 is 5.91 Å². The number of hydrogen-bond donors (Lipinski definition) is 0. The van der Waals surface area contributed by atoms with Crippen LogP contribution in [0.15, 0.2) is 61.6 Å². The molecule has 3 aromatic heterocycles. The molecule has 1 fully saturated rings. The first kappa shape index (κ1) is 15.5. The molecule has 126 valence electrons. The van der Waals surface area contributed by atoms with Gasteiger partial charge in [0, 0.05) is 37.5 Å². The van der Waals surface area contributed by atoms with Gasteiger partial charge in [0.05, 0.1) is 18.7 Å². The van der Waals surface area contributed by atoms with Crippen molar-refractivity contribution in [1.29, 1.82) is 0 Å². The van der Waals surface area contributed by atoms with Crippen LogP contribution >= 0.6 is 0 Å². The molecule has 1 saturated heterocycles. The zero-order valence-electron chi connectivity index (χ0n) is 13.5. The number of aromatic nitrogens is 4. The fourth-order valence-corrected chi connectivity index (χ4v) is 2.86. The van der Waals surface area contributed by atoms with Crippen LogP contribution in [0.5, 0.6) is 0 Å². The molecule has 3 aromatic rings. The molecule has 7 heteroatoms. The summed E-state index contributed by atoms with van der Waals surface area (Å²) in [6, 6.07) is 7.44. The number of ether oxygens (including phenoxy) is 1. The number of carbonyl (C=O) groups is 1. The molecular formula is C18H17N5O2. The van der Waals surface area contributed by atoms with E-state index < -0.39 is 0 Å². The number of nitrogens with zero attached hydrogens (tertiary/aromatic N) is 5. The summed E-state index contributed by atoms with van der Waals surface area (Å²) in [4.78, 5) is 26.9. The lowest BCUT2D eigenvalue weighted by Gasteiger charge is -2.33. The van der Waals surface area contributed by atoms with E-state index in [-0.39, 0.29) is 12.0 Å². The Kier molecular flexibility index (Phi) is 4.22. The van der Waals surface area contributed by atoms with Gasteiger partial charge in [0.25, 0.3) is 5.91 Å². The molecule has 0 aromatic carbocycles. The van der Waals surface area contributed by atoms with Gasteiger partial charge in [0.15, 0.2) is 0 Å². The van der Waals surface area contributed by atoms with Gasteiger partial charge < -0.3 is 9.64 Å². The van der Waals surface area contributed by atoms with E-state index >= 15 is 0 Å². The monoisotopic (exact) mass is 335 g/mol. The molecule has 0 spiro atoms. The van der Waals surface area contributed by atoms with Crippen LogP contribution in [0.25, 0.3) is 5.82 Å². The highest BCUT2D eigenvalue weighted by Crippen LogP contribution is 2.22. The Hall–Kier alpha value is -3.06. The Bertz CT molecular complexity index is 834. The summed E-state index contributed by atoms with van der Waals surface area (Å²) in [5, 5.41) is 0. The average molecular weight is 335 g/mol. The molecule has 0 aliphatic carbocycles. The number of morpholine rings is 1. The van der Waals surface area contributed by atoms with E-state index in [1.807, 2.05) is 29.3 Å². The predicted molar refractivity (Wildman–Crippen MR) is 90.2 cm³/mol. The number of imidazole rings is 1. The van der Waals surface area contributed by atoms with Gasteiger partial charge in [-0.2, -0.15) is 0 Å². The minimum absolute atomic E-state index is 0.0352. The second kappa shape index (κ2) is 6.82. The molecule has 0 N–H and O–H groups in total. The molecular weight excluding hydrogens is 318 g/mol. The van der Waals surface area contributed by atoms with Crippen LogP contribution in [0, 0.1) is 0 Å². The summed E-state index contributed by atoms with van der Waals surface area (Å²) in [6.07, 6.45) is 10.1. The molecule has 4 heterocycles.